The number of hydrogen-bond acceptors (Lipinski definition) is 1. The van der Waals surface area contributed by atoms with Crippen LogP contribution >= 0.6 is 22.6 Å². The Bertz CT molecular complexity index is 329. The molecule has 0 radical (unpaired) electrons. The maximum absolute atomic E-state index is 9.78. The largest absolute Gasteiger partial charge is 0.506 e. The molecule has 2 heteroatoms. The van der Waals surface area contributed by atoms with E-state index in [0.29, 0.717) is 5.75 Å². The highest BCUT2D eigenvalue weighted by molar-refractivity contribution is 14.1. The SMILES string of the molecule is CC=C(CC)c1cccc(I)c1O. The molecule has 0 fully saturated rings. The number of para-hydroxylation sites is 1. The van der Waals surface area contributed by atoms with Gasteiger partial charge in [0.2, 0.25) is 0 Å². The summed E-state index contributed by atoms with van der Waals surface area (Å²) in [6.45, 7) is 4.09. The summed E-state index contributed by atoms with van der Waals surface area (Å²) in [5, 5.41) is 9.78. The van der Waals surface area contributed by atoms with Gasteiger partial charge in [-0.3, -0.25) is 0 Å². The smallest absolute Gasteiger partial charge is 0.136 e. The Hall–Kier alpha value is -0.510. The van der Waals surface area contributed by atoms with Gasteiger partial charge in [-0.1, -0.05) is 25.1 Å². The third-order valence-electron chi connectivity index (χ3n) is 2.06. The molecule has 0 spiro atoms. The highest BCUT2D eigenvalue weighted by atomic mass is 127. The number of phenols is 1. The fraction of sp³-hybridized carbons (Fsp3) is 0.273. The Balaban J connectivity index is 3.22. The van der Waals surface area contributed by atoms with Gasteiger partial charge in [-0.15, -0.1) is 0 Å². The fourth-order valence-corrected chi connectivity index (χ4v) is 1.82. The molecule has 0 atom stereocenters. The second-order valence-corrected chi connectivity index (χ2v) is 3.97. The second-order valence-electron chi connectivity index (χ2n) is 2.80. The fourth-order valence-electron chi connectivity index (χ4n) is 1.32. The summed E-state index contributed by atoms with van der Waals surface area (Å²) in [7, 11) is 0. The summed E-state index contributed by atoms with van der Waals surface area (Å²) >= 11 is 2.14. The molecular weight excluding hydrogens is 275 g/mol. The average molecular weight is 288 g/mol. The van der Waals surface area contributed by atoms with E-state index < -0.39 is 0 Å². The number of hydrogen-bond donors (Lipinski definition) is 1. The Morgan fingerprint density at radius 2 is 2.23 bits per heavy atom. The lowest BCUT2D eigenvalue weighted by atomic mass is 10.0. The van der Waals surface area contributed by atoms with Gasteiger partial charge in [0.1, 0.15) is 5.75 Å². The first kappa shape index (κ1) is 10.6. The molecule has 1 aromatic carbocycles. The minimum absolute atomic E-state index is 0.401. The van der Waals surface area contributed by atoms with Gasteiger partial charge in [-0.2, -0.15) is 0 Å². The summed E-state index contributed by atoms with van der Waals surface area (Å²) in [5.74, 6) is 0.401. The van der Waals surface area contributed by atoms with E-state index in [9.17, 15) is 5.11 Å². The minimum Gasteiger partial charge on any atom is -0.506 e. The molecule has 0 aromatic heterocycles. The topological polar surface area (TPSA) is 20.2 Å². The van der Waals surface area contributed by atoms with Gasteiger partial charge < -0.3 is 5.11 Å². The second kappa shape index (κ2) is 4.65. The lowest BCUT2D eigenvalue weighted by Crippen LogP contribution is -1.85. The van der Waals surface area contributed by atoms with Crippen LogP contribution in [0.15, 0.2) is 24.3 Å². The molecule has 0 saturated carbocycles. The molecule has 0 unspecified atom stereocenters. The van der Waals surface area contributed by atoms with Crippen molar-refractivity contribution in [2.45, 2.75) is 20.3 Å². The maximum atomic E-state index is 9.78. The molecular formula is C11H13IO. The standard InChI is InChI=1S/C11H13IO/c1-3-8(4-2)9-6-5-7-10(12)11(9)13/h3,5-7,13H,4H2,1-2H3. The monoisotopic (exact) mass is 288 g/mol. The van der Waals surface area contributed by atoms with Gasteiger partial charge in [0.25, 0.3) is 0 Å². The molecule has 0 amide bonds. The third kappa shape index (κ3) is 2.24. The number of allylic oxidation sites excluding steroid dienone is 2. The number of rotatable bonds is 2. The normalized spacial score (nSPS) is 11.8. The van der Waals surface area contributed by atoms with Crippen LogP contribution in [0.5, 0.6) is 5.75 Å². The number of benzene rings is 1. The highest BCUT2D eigenvalue weighted by Gasteiger charge is 2.06. The lowest BCUT2D eigenvalue weighted by Gasteiger charge is -2.07. The van der Waals surface area contributed by atoms with Crippen molar-refractivity contribution in [3.8, 4) is 5.75 Å². The molecule has 1 rings (SSSR count). The first-order valence-corrected chi connectivity index (χ1v) is 5.41. The van der Waals surface area contributed by atoms with Crippen LogP contribution in [0.2, 0.25) is 0 Å². The third-order valence-corrected chi connectivity index (χ3v) is 2.93. The molecule has 0 saturated heterocycles. The van der Waals surface area contributed by atoms with Crippen LogP contribution in [0.3, 0.4) is 0 Å². The predicted molar refractivity (Wildman–Crippen MR) is 64.8 cm³/mol. The van der Waals surface area contributed by atoms with Gasteiger partial charge >= 0.3 is 0 Å². The van der Waals surface area contributed by atoms with Crippen LogP contribution in [0.1, 0.15) is 25.8 Å². The molecule has 0 aliphatic rings. The molecule has 0 aliphatic carbocycles. The predicted octanol–water partition coefficient (Wildman–Crippen LogP) is 3.81. The molecule has 0 aliphatic heterocycles. The van der Waals surface area contributed by atoms with Crippen molar-refractivity contribution in [1.82, 2.24) is 0 Å². The van der Waals surface area contributed by atoms with Crippen molar-refractivity contribution in [3.05, 3.63) is 33.4 Å². The molecule has 70 valence electrons. The number of phenolic OH excluding ortho intramolecular Hbond substituents is 1. The van der Waals surface area contributed by atoms with Crippen molar-refractivity contribution in [2.75, 3.05) is 0 Å². The van der Waals surface area contributed by atoms with E-state index >= 15 is 0 Å². The van der Waals surface area contributed by atoms with E-state index in [1.54, 1.807) is 0 Å². The van der Waals surface area contributed by atoms with Crippen molar-refractivity contribution in [3.63, 3.8) is 0 Å². The first-order valence-electron chi connectivity index (χ1n) is 4.33. The van der Waals surface area contributed by atoms with Crippen LogP contribution in [0.25, 0.3) is 5.57 Å². The van der Waals surface area contributed by atoms with Crippen molar-refractivity contribution < 1.29 is 5.11 Å². The molecule has 0 heterocycles. The molecule has 1 aromatic rings. The Morgan fingerprint density at radius 3 is 2.77 bits per heavy atom. The van der Waals surface area contributed by atoms with Gasteiger partial charge in [-0.25, -0.2) is 0 Å². The van der Waals surface area contributed by atoms with Gasteiger partial charge in [0, 0.05) is 5.56 Å². The van der Waals surface area contributed by atoms with E-state index in [2.05, 4.69) is 29.5 Å². The minimum atomic E-state index is 0.401. The first-order chi connectivity index (χ1) is 6.20. The van der Waals surface area contributed by atoms with E-state index in [1.807, 2.05) is 31.2 Å². The zero-order chi connectivity index (χ0) is 9.84. The summed E-state index contributed by atoms with van der Waals surface area (Å²) < 4.78 is 0.905. The van der Waals surface area contributed by atoms with Crippen LogP contribution < -0.4 is 0 Å². The van der Waals surface area contributed by atoms with Gasteiger partial charge in [0.05, 0.1) is 3.57 Å². The lowest BCUT2D eigenvalue weighted by molar-refractivity contribution is 0.469. The van der Waals surface area contributed by atoms with Crippen LogP contribution in [0.4, 0.5) is 0 Å². The average Bonchev–Trinajstić information content (AvgIpc) is 2.14. The Labute approximate surface area is 92.6 Å². The summed E-state index contributed by atoms with van der Waals surface area (Å²) in [6, 6.07) is 5.83. The highest BCUT2D eigenvalue weighted by Crippen LogP contribution is 2.30. The van der Waals surface area contributed by atoms with Gasteiger partial charge in [0.15, 0.2) is 0 Å². The molecule has 0 bridgehead atoms. The van der Waals surface area contributed by atoms with Gasteiger partial charge in [-0.05, 0) is 47.6 Å². The zero-order valence-electron chi connectivity index (χ0n) is 7.84. The zero-order valence-corrected chi connectivity index (χ0v) is 10.00. The summed E-state index contributed by atoms with van der Waals surface area (Å²) in [4.78, 5) is 0. The Morgan fingerprint density at radius 1 is 1.54 bits per heavy atom. The van der Waals surface area contributed by atoms with Crippen LogP contribution in [-0.4, -0.2) is 5.11 Å². The van der Waals surface area contributed by atoms with E-state index in [0.717, 1.165) is 15.6 Å². The molecule has 13 heavy (non-hydrogen) atoms. The van der Waals surface area contributed by atoms with Crippen molar-refractivity contribution in [2.24, 2.45) is 0 Å². The molecule has 1 N–H and O–H groups in total. The van der Waals surface area contributed by atoms with Crippen molar-refractivity contribution in [1.29, 1.82) is 0 Å². The number of halogens is 1. The van der Waals surface area contributed by atoms with E-state index in [4.69, 9.17) is 0 Å². The number of aromatic hydroxyl groups is 1. The summed E-state index contributed by atoms with van der Waals surface area (Å²) in [6.07, 6.45) is 3.00. The summed E-state index contributed by atoms with van der Waals surface area (Å²) in [5.41, 5.74) is 2.15. The molecule has 1 nitrogen and oxygen atoms in total. The quantitative estimate of drug-likeness (QED) is 0.820. The van der Waals surface area contributed by atoms with Crippen LogP contribution in [0, 0.1) is 3.57 Å². The van der Waals surface area contributed by atoms with Crippen LogP contribution in [-0.2, 0) is 0 Å². The van der Waals surface area contributed by atoms with E-state index in [1.165, 1.54) is 5.57 Å². The van der Waals surface area contributed by atoms with Crippen molar-refractivity contribution >= 4 is 28.2 Å². The maximum Gasteiger partial charge on any atom is 0.136 e. The Kier molecular flexibility index (Phi) is 3.78. The van der Waals surface area contributed by atoms with E-state index in [-0.39, 0.29) is 0 Å².